The highest BCUT2D eigenvalue weighted by Crippen LogP contribution is 2.11. The summed E-state index contributed by atoms with van der Waals surface area (Å²) in [6.45, 7) is 3.23. The van der Waals surface area contributed by atoms with E-state index in [1.54, 1.807) is 41.3 Å². The summed E-state index contributed by atoms with van der Waals surface area (Å²) in [6.07, 6.45) is 17.7. The Morgan fingerprint density at radius 1 is 1.27 bits per heavy atom. The summed E-state index contributed by atoms with van der Waals surface area (Å²) in [5, 5.41) is 4.01. The van der Waals surface area contributed by atoms with Gasteiger partial charge in [-0.2, -0.15) is 0 Å². The third kappa shape index (κ3) is 7.80. The molecule has 0 saturated heterocycles. The van der Waals surface area contributed by atoms with E-state index in [0.717, 1.165) is 37.2 Å². The third-order valence-corrected chi connectivity index (χ3v) is 5.15. The first kappa shape index (κ1) is 24.6. The second-order valence-electron chi connectivity index (χ2n) is 7.32. The number of hydrogen-bond acceptors (Lipinski definition) is 5. The number of imidazole rings is 1. The molecule has 3 heterocycles. The highest BCUT2D eigenvalue weighted by molar-refractivity contribution is 6.39. The molecule has 0 saturated carbocycles. The summed E-state index contributed by atoms with van der Waals surface area (Å²) in [6, 6.07) is 3.50. The van der Waals surface area contributed by atoms with Crippen LogP contribution in [0.4, 0.5) is 0 Å². The van der Waals surface area contributed by atoms with Crippen molar-refractivity contribution < 1.29 is 4.79 Å². The van der Waals surface area contributed by atoms with E-state index in [1.807, 2.05) is 18.2 Å². The van der Waals surface area contributed by atoms with E-state index < -0.39 is 0 Å². The lowest BCUT2D eigenvalue weighted by Gasteiger charge is -2.06. The zero-order valence-corrected chi connectivity index (χ0v) is 19.9. The van der Waals surface area contributed by atoms with Crippen molar-refractivity contribution in [3.8, 4) is 0 Å². The molecule has 33 heavy (non-hydrogen) atoms. The van der Waals surface area contributed by atoms with Crippen LogP contribution >= 0.6 is 23.2 Å². The van der Waals surface area contributed by atoms with Crippen LogP contribution in [0.1, 0.15) is 47.9 Å². The predicted molar refractivity (Wildman–Crippen MR) is 133 cm³/mol. The first-order valence-electron chi connectivity index (χ1n) is 10.8. The number of aryl methyl sites for hydroxylation is 1. The smallest absolute Gasteiger partial charge is 0.251 e. The lowest BCUT2D eigenvalue weighted by molar-refractivity contribution is 0.0950. The molecule has 3 aromatic heterocycles. The maximum Gasteiger partial charge on any atom is 0.251 e. The Morgan fingerprint density at radius 3 is 2.97 bits per heavy atom. The van der Waals surface area contributed by atoms with E-state index >= 15 is 0 Å². The number of allylic oxidation sites excluding steroid dienone is 4. The number of rotatable bonds is 11. The number of pyridine rings is 1. The van der Waals surface area contributed by atoms with E-state index in [0.29, 0.717) is 34.4 Å². The van der Waals surface area contributed by atoms with E-state index in [-0.39, 0.29) is 5.91 Å². The molecule has 0 bridgehead atoms. The Morgan fingerprint density at radius 2 is 2.12 bits per heavy atom. The summed E-state index contributed by atoms with van der Waals surface area (Å²) in [5.74, 6) is 0.346. The number of nitrogens with one attached hydrogen (secondary N) is 1. The van der Waals surface area contributed by atoms with Crippen LogP contribution in [0, 0.1) is 0 Å². The zero-order valence-electron chi connectivity index (χ0n) is 18.4. The Hall–Kier alpha value is -3.03. The molecule has 0 aromatic carbocycles. The number of hydrogen-bond donors (Lipinski definition) is 1. The molecular weight excluding hydrogens is 459 g/mol. The van der Waals surface area contributed by atoms with Gasteiger partial charge in [-0.05, 0) is 37.5 Å². The SMILES string of the molecule is CCCC\N=C/C(Cl)=C\C=C\CCc1cc(C(=O)NCc2cnc3ncc(Cl)cn23)ccn1. The molecule has 3 rings (SSSR count). The summed E-state index contributed by atoms with van der Waals surface area (Å²) >= 11 is 12.1. The second kappa shape index (κ2) is 12.9. The molecule has 0 radical (unpaired) electrons. The first-order valence-corrected chi connectivity index (χ1v) is 11.5. The van der Waals surface area contributed by atoms with Gasteiger partial charge in [-0.15, -0.1) is 0 Å². The molecule has 0 aliphatic rings. The van der Waals surface area contributed by atoms with Gasteiger partial charge in [-0.1, -0.05) is 48.7 Å². The van der Waals surface area contributed by atoms with E-state index in [9.17, 15) is 4.79 Å². The highest BCUT2D eigenvalue weighted by atomic mass is 35.5. The number of aromatic nitrogens is 4. The molecule has 172 valence electrons. The summed E-state index contributed by atoms with van der Waals surface area (Å²) in [7, 11) is 0. The molecule has 0 aliphatic heterocycles. The molecule has 1 amide bonds. The number of fused-ring (bicyclic) bond motifs is 1. The molecule has 0 atom stereocenters. The first-order chi connectivity index (χ1) is 16.1. The monoisotopic (exact) mass is 484 g/mol. The van der Waals surface area contributed by atoms with E-state index in [1.165, 1.54) is 6.20 Å². The standard InChI is InChI=1S/C24H26Cl2N6O/c1-2-3-10-27-13-19(25)7-5-4-6-8-21-12-18(9-11-28-21)23(33)29-15-22-16-31-24-30-14-20(26)17-32(22)24/h4-5,7,9,11-14,16-17H,2-3,6,8,10,15H2,1H3,(H,29,33)/b5-4+,19-7+,27-13-. The molecule has 0 spiro atoms. The van der Waals surface area contributed by atoms with Crippen molar-refractivity contribution in [3.63, 3.8) is 0 Å². The Balaban J connectivity index is 1.50. The number of amides is 1. The zero-order chi connectivity index (χ0) is 23.5. The molecule has 1 N–H and O–H groups in total. The average molecular weight is 485 g/mol. The van der Waals surface area contributed by atoms with Gasteiger partial charge >= 0.3 is 0 Å². The van der Waals surface area contributed by atoms with Gasteiger partial charge in [0, 0.05) is 36.4 Å². The number of aliphatic imine (C=N–C) groups is 1. The van der Waals surface area contributed by atoms with Crippen molar-refractivity contribution >= 4 is 41.1 Å². The maximum atomic E-state index is 12.6. The van der Waals surface area contributed by atoms with Gasteiger partial charge in [-0.3, -0.25) is 19.2 Å². The van der Waals surface area contributed by atoms with Crippen LogP contribution in [0.2, 0.25) is 5.02 Å². The minimum Gasteiger partial charge on any atom is -0.346 e. The van der Waals surface area contributed by atoms with Crippen molar-refractivity contribution in [3.05, 3.63) is 82.2 Å². The molecule has 0 unspecified atom stereocenters. The minimum absolute atomic E-state index is 0.184. The fourth-order valence-corrected chi connectivity index (χ4v) is 3.28. The highest BCUT2D eigenvalue weighted by Gasteiger charge is 2.10. The van der Waals surface area contributed by atoms with Crippen LogP contribution in [0.3, 0.4) is 0 Å². The van der Waals surface area contributed by atoms with Crippen LogP contribution in [0.5, 0.6) is 0 Å². The van der Waals surface area contributed by atoms with Crippen LogP contribution in [-0.4, -0.2) is 38.0 Å². The number of halogens is 2. The van der Waals surface area contributed by atoms with Crippen molar-refractivity contribution in [1.82, 2.24) is 24.7 Å². The quantitative estimate of drug-likeness (QED) is 0.230. The summed E-state index contributed by atoms with van der Waals surface area (Å²) in [5.41, 5.74) is 2.18. The number of carbonyl (C=O) groups is 1. The third-order valence-electron chi connectivity index (χ3n) is 4.73. The van der Waals surface area contributed by atoms with Gasteiger partial charge in [0.15, 0.2) is 0 Å². The van der Waals surface area contributed by atoms with Crippen molar-refractivity contribution in [2.24, 2.45) is 4.99 Å². The molecule has 0 fully saturated rings. The molecule has 7 nitrogen and oxygen atoms in total. The van der Waals surface area contributed by atoms with Crippen molar-refractivity contribution in [2.75, 3.05) is 6.54 Å². The molecule has 3 aromatic rings. The largest absolute Gasteiger partial charge is 0.346 e. The van der Waals surface area contributed by atoms with Crippen LogP contribution in [-0.2, 0) is 13.0 Å². The maximum absolute atomic E-state index is 12.6. The summed E-state index contributed by atoms with van der Waals surface area (Å²) in [4.78, 5) is 29.6. The van der Waals surface area contributed by atoms with Gasteiger partial charge in [-0.25, -0.2) is 9.97 Å². The van der Waals surface area contributed by atoms with Crippen molar-refractivity contribution in [1.29, 1.82) is 0 Å². The minimum atomic E-state index is -0.184. The lowest BCUT2D eigenvalue weighted by Crippen LogP contribution is -2.23. The van der Waals surface area contributed by atoms with Gasteiger partial charge in [0.05, 0.1) is 34.7 Å². The Bertz CT molecular complexity index is 1170. The van der Waals surface area contributed by atoms with Gasteiger partial charge in [0.2, 0.25) is 5.78 Å². The van der Waals surface area contributed by atoms with Crippen LogP contribution in [0.25, 0.3) is 5.78 Å². The van der Waals surface area contributed by atoms with Gasteiger partial charge < -0.3 is 5.32 Å². The molecule has 9 heteroatoms. The van der Waals surface area contributed by atoms with Crippen LogP contribution < -0.4 is 5.32 Å². The molecular formula is C24H26Cl2N6O. The van der Waals surface area contributed by atoms with Crippen molar-refractivity contribution in [2.45, 2.75) is 39.2 Å². The normalized spacial score (nSPS) is 12.3. The van der Waals surface area contributed by atoms with E-state index in [4.69, 9.17) is 23.2 Å². The summed E-state index contributed by atoms with van der Waals surface area (Å²) < 4.78 is 1.75. The topological polar surface area (TPSA) is 84.5 Å². The Labute approximate surface area is 203 Å². The van der Waals surface area contributed by atoms with Gasteiger partial charge in [0.1, 0.15) is 0 Å². The van der Waals surface area contributed by atoms with Crippen LogP contribution in [0.15, 0.2) is 65.2 Å². The average Bonchev–Trinajstić information content (AvgIpc) is 3.22. The number of nitrogens with zero attached hydrogens (tertiary/aromatic N) is 5. The number of unbranched alkanes of at least 4 members (excludes halogenated alkanes) is 1. The Kier molecular flexibility index (Phi) is 9.59. The number of carbonyl (C=O) groups excluding carboxylic acids is 1. The van der Waals surface area contributed by atoms with E-state index in [2.05, 4.69) is 32.2 Å². The lowest BCUT2D eigenvalue weighted by atomic mass is 10.1. The second-order valence-corrected chi connectivity index (χ2v) is 8.19. The predicted octanol–water partition coefficient (Wildman–Crippen LogP) is 5.19. The fourth-order valence-electron chi connectivity index (χ4n) is 2.99. The molecule has 0 aliphatic carbocycles. The van der Waals surface area contributed by atoms with Gasteiger partial charge in [0.25, 0.3) is 5.91 Å². The fraction of sp³-hybridized carbons (Fsp3) is 0.292.